The van der Waals surface area contributed by atoms with Gasteiger partial charge < -0.3 is 4.90 Å². The number of fused-ring (bicyclic) bond motifs is 1. The summed E-state index contributed by atoms with van der Waals surface area (Å²) in [6, 6.07) is 3.36. The zero-order chi connectivity index (χ0) is 19.9. The van der Waals surface area contributed by atoms with E-state index in [2.05, 4.69) is 15.0 Å². The molecule has 10 heteroatoms. The molecule has 0 N–H and O–H groups in total. The minimum atomic E-state index is -4.64. The number of hydrogen-bond acceptors (Lipinski definition) is 4. The molecular weight excluding hydrogens is 395 g/mol. The van der Waals surface area contributed by atoms with Crippen molar-refractivity contribution in [2.24, 2.45) is 0 Å². The molecule has 0 saturated carbocycles. The predicted molar refractivity (Wildman–Crippen MR) is 94.4 cm³/mol. The first kappa shape index (κ1) is 22.4. The smallest absolute Gasteiger partial charge is 0.349 e. The first-order valence-electron chi connectivity index (χ1n) is 7.72. The number of alkyl halides is 4. The highest BCUT2D eigenvalue weighted by molar-refractivity contribution is 6.33. The van der Waals surface area contributed by atoms with Gasteiger partial charge in [-0.05, 0) is 18.6 Å². The van der Waals surface area contributed by atoms with Gasteiger partial charge >= 0.3 is 6.18 Å². The molecule has 26 heavy (non-hydrogen) atoms. The summed E-state index contributed by atoms with van der Waals surface area (Å²) in [4.78, 5) is 12.9. The Morgan fingerprint density at radius 1 is 1.12 bits per heavy atom. The molecule has 2 aromatic rings. The molecule has 0 fully saturated rings. The quantitative estimate of drug-likeness (QED) is 0.466. The molecule has 0 aromatic carbocycles. The molecule has 0 radical (unpaired) electrons. The third-order valence-electron chi connectivity index (χ3n) is 3.31. The topological polar surface area (TPSA) is 41.9 Å². The average molecular weight is 413 g/mol. The predicted octanol–water partition coefficient (Wildman–Crippen LogP) is 5.37. The standard InChI is InChI=1S/C13H9Cl2F3N4.C2H6.CH3F/c14-8-2-1-4-19-11(8)22-5-3-7-9(6-22)20-12(13(16,17)18)21-10(7)15;2*1-2/h1-2,4H,3,5-6H2;1-2H3;1H3. The highest BCUT2D eigenvalue weighted by Gasteiger charge is 2.37. The summed E-state index contributed by atoms with van der Waals surface area (Å²) in [6.07, 6.45) is -2.63. The minimum absolute atomic E-state index is 0.149. The van der Waals surface area contributed by atoms with Crippen molar-refractivity contribution in [2.75, 3.05) is 18.6 Å². The van der Waals surface area contributed by atoms with Crippen molar-refractivity contribution in [3.63, 3.8) is 0 Å². The van der Waals surface area contributed by atoms with Gasteiger partial charge in [-0.25, -0.2) is 15.0 Å². The second kappa shape index (κ2) is 9.87. The molecule has 144 valence electrons. The van der Waals surface area contributed by atoms with Gasteiger partial charge in [-0.2, -0.15) is 13.2 Å². The van der Waals surface area contributed by atoms with Gasteiger partial charge in [0.1, 0.15) is 11.0 Å². The van der Waals surface area contributed by atoms with Crippen LogP contribution in [0.4, 0.5) is 23.4 Å². The number of rotatable bonds is 1. The molecular formula is C16H18Cl2F4N4. The maximum Gasteiger partial charge on any atom is 0.451 e. The van der Waals surface area contributed by atoms with E-state index in [1.54, 1.807) is 23.2 Å². The molecule has 0 unspecified atom stereocenters. The van der Waals surface area contributed by atoms with E-state index >= 15 is 0 Å². The van der Waals surface area contributed by atoms with Crippen LogP contribution < -0.4 is 4.90 Å². The lowest BCUT2D eigenvalue weighted by molar-refractivity contribution is -0.145. The maximum atomic E-state index is 12.8. The summed E-state index contributed by atoms with van der Waals surface area (Å²) in [5.74, 6) is -0.719. The molecule has 4 nitrogen and oxygen atoms in total. The SMILES string of the molecule is CC.CF.FC(F)(F)c1nc(Cl)c2c(n1)CN(c1ncccc1Cl)CC2. The summed E-state index contributed by atoms with van der Waals surface area (Å²) in [7, 11) is 0.500. The van der Waals surface area contributed by atoms with Gasteiger partial charge in [-0.15, -0.1) is 0 Å². The number of hydrogen-bond donors (Lipinski definition) is 0. The van der Waals surface area contributed by atoms with Crippen LogP contribution in [0.15, 0.2) is 18.3 Å². The number of nitrogens with zero attached hydrogens (tertiary/aromatic N) is 4. The van der Waals surface area contributed by atoms with Crippen LogP contribution in [0, 0.1) is 0 Å². The first-order chi connectivity index (χ1) is 12.4. The molecule has 0 amide bonds. The summed E-state index contributed by atoms with van der Waals surface area (Å²) in [5.41, 5.74) is 0.790. The van der Waals surface area contributed by atoms with E-state index in [0.717, 1.165) is 0 Å². The zero-order valence-corrected chi connectivity index (χ0v) is 15.9. The number of aromatic nitrogens is 3. The summed E-state index contributed by atoms with van der Waals surface area (Å²) in [5, 5.41) is 0.284. The Bertz CT molecular complexity index is 726. The Labute approximate surface area is 159 Å². The van der Waals surface area contributed by atoms with Crippen molar-refractivity contribution in [3.05, 3.63) is 45.6 Å². The van der Waals surface area contributed by atoms with E-state index in [-0.39, 0.29) is 17.4 Å². The molecule has 3 heterocycles. The van der Waals surface area contributed by atoms with Crippen molar-refractivity contribution in [3.8, 4) is 0 Å². The fourth-order valence-corrected chi connectivity index (χ4v) is 2.83. The van der Waals surface area contributed by atoms with Gasteiger partial charge in [-0.3, -0.25) is 4.39 Å². The van der Waals surface area contributed by atoms with Gasteiger partial charge in [0.05, 0.1) is 24.4 Å². The largest absolute Gasteiger partial charge is 0.451 e. The first-order valence-corrected chi connectivity index (χ1v) is 8.47. The molecule has 3 rings (SSSR count). The molecule has 0 spiro atoms. The van der Waals surface area contributed by atoms with Crippen molar-refractivity contribution < 1.29 is 17.6 Å². The zero-order valence-electron chi connectivity index (χ0n) is 14.4. The molecule has 0 aliphatic carbocycles. The van der Waals surface area contributed by atoms with Crippen molar-refractivity contribution in [2.45, 2.75) is 33.0 Å². The van der Waals surface area contributed by atoms with Crippen LogP contribution in [-0.4, -0.2) is 28.7 Å². The highest BCUT2D eigenvalue weighted by Crippen LogP contribution is 2.33. The number of halogens is 6. The van der Waals surface area contributed by atoms with Crippen LogP contribution in [0.1, 0.15) is 30.9 Å². The van der Waals surface area contributed by atoms with Crippen LogP contribution in [0.2, 0.25) is 10.2 Å². The Morgan fingerprint density at radius 2 is 1.77 bits per heavy atom. The lowest BCUT2D eigenvalue weighted by Crippen LogP contribution is -2.33. The molecule has 0 saturated heterocycles. The van der Waals surface area contributed by atoms with E-state index in [1.807, 2.05) is 13.8 Å². The number of pyridine rings is 1. The second-order valence-corrected chi connectivity index (χ2v) is 5.51. The summed E-state index contributed by atoms with van der Waals surface area (Å²) in [6.45, 7) is 4.68. The summed E-state index contributed by atoms with van der Waals surface area (Å²) < 4.78 is 47.9. The normalized spacial score (nSPS) is 13.0. The van der Waals surface area contributed by atoms with Crippen molar-refractivity contribution in [1.29, 1.82) is 0 Å². The number of anilines is 1. The third-order valence-corrected chi connectivity index (χ3v) is 3.91. The second-order valence-electron chi connectivity index (χ2n) is 4.74. The lowest BCUT2D eigenvalue weighted by Gasteiger charge is -2.30. The van der Waals surface area contributed by atoms with Gasteiger partial charge in [0.15, 0.2) is 0 Å². The minimum Gasteiger partial charge on any atom is -0.349 e. The van der Waals surface area contributed by atoms with Gasteiger partial charge in [0, 0.05) is 18.3 Å². The summed E-state index contributed by atoms with van der Waals surface area (Å²) >= 11 is 11.9. The maximum absolute atomic E-state index is 12.8. The van der Waals surface area contributed by atoms with E-state index in [4.69, 9.17) is 23.2 Å². The fourth-order valence-electron chi connectivity index (χ4n) is 2.30. The molecule has 2 aromatic heterocycles. The fraction of sp³-hybridized carbons (Fsp3) is 0.438. The molecule has 0 bridgehead atoms. The average Bonchev–Trinajstić information content (AvgIpc) is 2.64. The van der Waals surface area contributed by atoms with E-state index < -0.39 is 12.0 Å². The molecule has 1 aliphatic heterocycles. The molecule has 1 aliphatic rings. The van der Waals surface area contributed by atoms with Crippen LogP contribution in [-0.2, 0) is 19.1 Å². The Kier molecular flexibility index (Phi) is 8.49. The van der Waals surface area contributed by atoms with Gasteiger partial charge in [0.2, 0.25) is 5.82 Å². The van der Waals surface area contributed by atoms with E-state index in [1.165, 1.54) is 0 Å². The Morgan fingerprint density at radius 3 is 2.35 bits per heavy atom. The Balaban J connectivity index is 0.000000791. The van der Waals surface area contributed by atoms with Crippen LogP contribution >= 0.6 is 23.2 Å². The van der Waals surface area contributed by atoms with Crippen LogP contribution in [0.5, 0.6) is 0 Å². The van der Waals surface area contributed by atoms with Crippen molar-refractivity contribution in [1.82, 2.24) is 15.0 Å². The van der Waals surface area contributed by atoms with Crippen molar-refractivity contribution >= 4 is 29.0 Å². The lowest BCUT2D eigenvalue weighted by atomic mass is 10.1. The van der Waals surface area contributed by atoms with Gasteiger partial charge in [0.25, 0.3) is 0 Å². The molecule has 0 atom stereocenters. The third kappa shape index (κ3) is 5.17. The Hall–Kier alpha value is -1.67. The van der Waals surface area contributed by atoms with Crippen LogP contribution in [0.25, 0.3) is 0 Å². The van der Waals surface area contributed by atoms with Gasteiger partial charge in [-0.1, -0.05) is 37.0 Å². The monoisotopic (exact) mass is 412 g/mol. The van der Waals surface area contributed by atoms with E-state index in [9.17, 15) is 17.6 Å². The van der Waals surface area contributed by atoms with E-state index in [0.29, 0.717) is 36.5 Å². The highest BCUT2D eigenvalue weighted by atomic mass is 35.5. The van der Waals surface area contributed by atoms with Crippen LogP contribution in [0.3, 0.4) is 0 Å².